The summed E-state index contributed by atoms with van der Waals surface area (Å²) in [4.78, 5) is 28.4. The molecule has 156 valence electrons. The lowest BCUT2D eigenvalue weighted by Crippen LogP contribution is -2.45. The number of rotatable bonds is 7. The number of hydrogen-bond donors (Lipinski definition) is 2. The second-order valence-electron chi connectivity index (χ2n) is 7.08. The number of aromatic nitrogens is 1. The first kappa shape index (κ1) is 22.5. The number of pyridine rings is 1. The minimum atomic E-state index is -3.84. The Morgan fingerprint density at radius 2 is 1.86 bits per heavy atom. The summed E-state index contributed by atoms with van der Waals surface area (Å²) in [6.07, 6.45) is 3.68. The van der Waals surface area contributed by atoms with Gasteiger partial charge in [-0.3, -0.25) is 14.6 Å². The molecule has 0 radical (unpaired) electrons. The molecule has 2 amide bonds. The highest BCUT2D eigenvalue weighted by atomic mass is 32.2. The van der Waals surface area contributed by atoms with E-state index in [0.717, 1.165) is 5.56 Å². The highest BCUT2D eigenvalue weighted by Crippen LogP contribution is 2.30. The van der Waals surface area contributed by atoms with Crippen LogP contribution in [0.5, 0.6) is 0 Å². The molecule has 0 spiro atoms. The van der Waals surface area contributed by atoms with Gasteiger partial charge in [0.05, 0.1) is 4.90 Å². The van der Waals surface area contributed by atoms with Gasteiger partial charge in [0.15, 0.2) is 9.84 Å². The largest absolute Gasteiger partial charge is 0.346 e. The number of aryl methyl sites for hydroxylation is 2. The smallest absolute Gasteiger partial charge is 0.309 e. The van der Waals surface area contributed by atoms with Crippen LogP contribution < -0.4 is 10.6 Å². The number of nitrogens with one attached hydrogen (secondary N) is 2. The molecule has 8 heteroatoms. The highest BCUT2D eigenvalue weighted by Gasteiger charge is 2.32. The van der Waals surface area contributed by atoms with Gasteiger partial charge in [0.2, 0.25) is 0 Å². The van der Waals surface area contributed by atoms with Crippen LogP contribution in [0.25, 0.3) is 0 Å². The minimum Gasteiger partial charge on any atom is -0.346 e. The van der Waals surface area contributed by atoms with Crippen LogP contribution in [0.3, 0.4) is 0 Å². The number of benzene rings is 1. The quantitative estimate of drug-likeness (QED) is 0.672. The predicted molar refractivity (Wildman–Crippen MR) is 111 cm³/mol. The molecule has 0 saturated carbocycles. The fourth-order valence-electron chi connectivity index (χ4n) is 2.80. The van der Waals surface area contributed by atoms with Crippen LogP contribution in [-0.2, 0) is 19.4 Å². The zero-order valence-corrected chi connectivity index (χ0v) is 17.9. The average Bonchev–Trinajstić information content (AvgIpc) is 2.70. The summed E-state index contributed by atoms with van der Waals surface area (Å²) in [7, 11) is -3.84. The summed E-state index contributed by atoms with van der Waals surface area (Å²) >= 11 is 0. The van der Waals surface area contributed by atoms with Crippen molar-refractivity contribution < 1.29 is 18.0 Å². The molecule has 0 fully saturated rings. The van der Waals surface area contributed by atoms with Crippen molar-refractivity contribution in [2.45, 2.75) is 50.3 Å². The van der Waals surface area contributed by atoms with Crippen LogP contribution in [0, 0.1) is 13.8 Å². The predicted octanol–water partition coefficient (Wildman–Crippen LogP) is 2.24. The zero-order chi connectivity index (χ0) is 21.6. The molecule has 1 aromatic heterocycles. The van der Waals surface area contributed by atoms with Gasteiger partial charge in [-0.25, -0.2) is 8.42 Å². The maximum Gasteiger partial charge on any atom is 0.309 e. The molecule has 1 heterocycles. The molecule has 0 saturated heterocycles. The van der Waals surface area contributed by atoms with Gasteiger partial charge in [0.25, 0.3) is 0 Å². The Bertz CT molecular complexity index is 975. The van der Waals surface area contributed by atoms with Gasteiger partial charge in [-0.1, -0.05) is 25.1 Å². The molecule has 2 aromatic rings. The van der Waals surface area contributed by atoms with E-state index in [1.165, 1.54) is 6.20 Å². The topological polar surface area (TPSA) is 105 Å². The number of sulfone groups is 1. The summed E-state index contributed by atoms with van der Waals surface area (Å²) in [5, 5.41) is 3.96. The summed E-state index contributed by atoms with van der Waals surface area (Å²) in [5.74, 6) is -1.65. The van der Waals surface area contributed by atoms with E-state index in [1.54, 1.807) is 44.3 Å². The Kier molecular flexibility index (Phi) is 7.50. The van der Waals surface area contributed by atoms with Crippen molar-refractivity contribution in [2.24, 2.45) is 0 Å². The first-order chi connectivity index (χ1) is 13.7. The molecular weight excluding hydrogens is 390 g/mol. The van der Waals surface area contributed by atoms with E-state index in [2.05, 4.69) is 15.6 Å². The Hall–Kier alpha value is -2.74. The number of amides is 2. The third-order valence-corrected chi connectivity index (χ3v) is 6.97. The van der Waals surface area contributed by atoms with E-state index < -0.39 is 26.9 Å². The number of hydrogen-bond acceptors (Lipinski definition) is 5. The van der Waals surface area contributed by atoms with Crippen molar-refractivity contribution in [2.75, 3.05) is 6.54 Å². The van der Waals surface area contributed by atoms with Gasteiger partial charge < -0.3 is 10.6 Å². The molecule has 0 unspecified atom stereocenters. The number of carbonyl (C=O) groups is 2. The molecule has 2 N–H and O–H groups in total. The molecule has 29 heavy (non-hydrogen) atoms. The van der Waals surface area contributed by atoms with Crippen LogP contribution in [0.1, 0.15) is 42.2 Å². The molecule has 7 nitrogen and oxygen atoms in total. The molecule has 2 atom stereocenters. The van der Waals surface area contributed by atoms with E-state index in [4.69, 9.17) is 0 Å². The van der Waals surface area contributed by atoms with Gasteiger partial charge in [-0.15, -0.1) is 0 Å². The summed E-state index contributed by atoms with van der Waals surface area (Å²) in [6.45, 7) is 6.98. The van der Waals surface area contributed by atoms with E-state index in [9.17, 15) is 18.0 Å². The molecule has 0 aliphatic rings. The monoisotopic (exact) mass is 417 g/mol. The second kappa shape index (κ2) is 9.65. The Morgan fingerprint density at radius 1 is 1.14 bits per heavy atom. The van der Waals surface area contributed by atoms with Crippen molar-refractivity contribution in [3.05, 3.63) is 59.4 Å². The molecule has 0 aliphatic heterocycles. The maximum atomic E-state index is 13.4. The number of nitrogens with zero attached hydrogens (tertiary/aromatic N) is 1. The second-order valence-corrected chi connectivity index (χ2v) is 9.18. The Labute approximate surface area is 171 Å². The summed E-state index contributed by atoms with van der Waals surface area (Å²) < 4.78 is 26.9. The first-order valence-electron chi connectivity index (χ1n) is 9.46. The molecule has 1 aromatic carbocycles. The van der Waals surface area contributed by atoms with Crippen molar-refractivity contribution in [1.29, 1.82) is 0 Å². The molecular formula is C21H27N3O4S. The van der Waals surface area contributed by atoms with Crippen molar-refractivity contribution >= 4 is 21.7 Å². The van der Waals surface area contributed by atoms with E-state index in [0.29, 0.717) is 17.5 Å². The van der Waals surface area contributed by atoms with Crippen molar-refractivity contribution in [3.63, 3.8) is 0 Å². The van der Waals surface area contributed by atoms with Crippen LogP contribution in [0.15, 0.2) is 47.6 Å². The van der Waals surface area contributed by atoms with Crippen molar-refractivity contribution in [1.82, 2.24) is 15.6 Å². The van der Waals surface area contributed by atoms with Gasteiger partial charge in [0.1, 0.15) is 5.25 Å². The Balaban J connectivity index is 2.33. The molecule has 0 bridgehead atoms. The van der Waals surface area contributed by atoms with Crippen LogP contribution in [-0.4, -0.2) is 37.8 Å². The summed E-state index contributed by atoms with van der Waals surface area (Å²) in [6, 6.07) is 8.34. The third-order valence-electron chi connectivity index (χ3n) is 4.73. The highest BCUT2D eigenvalue weighted by molar-refractivity contribution is 7.91. The number of carbonyl (C=O) groups excluding carboxylic acids is 2. The summed E-state index contributed by atoms with van der Waals surface area (Å²) in [5.41, 5.74) is 1.87. The minimum absolute atomic E-state index is 0.152. The van der Waals surface area contributed by atoms with Crippen LogP contribution in [0.2, 0.25) is 0 Å². The third kappa shape index (κ3) is 5.63. The fourth-order valence-corrected chi connectivity index (χ4v) is 4.77. The zero-order valence-electron chi connectivity index (χ0n) is 17.1. The van der Waals surface area contributed by atoms with E-state index in [-0.39, 0.29) is 17.5 Å². The van der Waals surface area contributed by atoms with Crippen LogP contribution in [0.4, 0.5) is 0 Å². The van der Waals surface area contributed by atoms with Gasteiger partial charge in [-0.05, 0) is 56.0 Å². The lowest BCUT2D eigenvalue weighted by Gasteiger charge is -2.20. The lowest BCUT2D eigenvalue weighted by atomic mass is 10.2. The first-order valence-corrected chi connectivity index (χ1v) is 11.0. The Morgan fingerprint density at radius 3 is 2.48 bits per heavy atom. The van der Waals surface area contributed by atoms with Crippen molar-refractivity contribution in [3.8, 4) is 0 Å². The lowest BCUT2D eigenvalue weighted by molar-refractivity contribution is -0.139. The van der Waals surface area contributed by atoms with E-state index in [1.807, 2.05) is 19.9 Å². The SMILES string of the molecule is CC[C@@H](C)NC(=O)C(=O)NC[C@H](c1cccnc1)S(=O)(=O)c1cc(C)ccc1C. The van der Waals surface area contributed by atoms with Gasteiger partial charge in [0, 0.05) is 25.0 Å². The standard InChI is InChI=1S/C21H27N3O4S/c1-5-16(4)24-21(26)20(25)23-13-19(17-7-6-10-22-12-17)29(27,28)18-11-14(2)8-9-15(18)3/h6-12,16,19H,5,13H2,1-4H3,(H,23,25)(H,24,26)/t16-,19-/m1/s1. The van der Waals surface area contributed by atoms with Gasteiger partial charge in [-0.2, -0.15) is 0 Å². The van der Waals surface area contributed by atoms with Gasteiger partial charge >= 0.3 is 11.8 Å². The fraction of sp³-hybridized carbons (Fsp3) is 0.381. The molecule has 0 aliphatic carbocycles. The normalized spacial score (nSPS) is 13.4. The maximum absolute atomic E-state index is 13.4. The van der Waals surface area contributed by atoms with Crippen LogP contribution >= 0.6 is 0 Å². The average molecular weight is 418 g/mol. The van der Waals surface area contributed by atoms with E-state index >= 15 is 0 Å². The molecule has 2 rings (SSSR count).